The van der Waals surface area contributed by atoms with E-state index in [2.05, 4.69) is 21.2 Å². The summed E-state index contributed by atoms with van der Waals surface area (Å²) in [5, 5.41) is 13.3. The van der Waals surface area contributed by atoms with Gasteiger partial charge in [-0.2, -0.15) is 0 Å². The average molecular weight is 322 g/mol. The molecule has 3 nitrogen and oxygen atoms in total. The number of anilines is 1. The van der Waals surface area contributed by atoms with Crippen LogP contribution in [-0.2, 0) is 0 Å². The molecule has 0 saturated carbocycles. The van der Waals surface area contributed by atoms with Crippen molar-refractivity contribution in [2.75, 3.05) is 12.4 Å². The van der Waals surface area contributed by atoms with E-state index in [1.54, 1.807) is 13.2 Å². The van der Waals surface area contributed by atoms with Crippen molar-refractivity contribution >= 4 is 21.6 Å². The molecule has 0 saturated heterocycles. The molecular weight excluding hydrogens is 306 g/mol. The number of hydrogen-bond donors (Lipinski definition) is 2. The molecule has 0 radical (unpaired) electrons. The Hall–Kier alpha value is -1.68. The number of rotatable bonds is 4. The molecule has 0 aliphatic carbocycles. The van der Waals surface area contributed by atoms with Gasteiger partial charge in [-0.3, -0.25) is 0 Å². The van der Waals surface area contributed by atoms with Crippen LogP contribution in [0.25, 0.3) is 0 Å². The Bertz CT molecular complexity index is 555. The molecular formula is C15H16BrNO2. The molecule has 0 bridgehead atoms. The van der Waals surface area contributed by atoms with Crippen molar-refractivity contribution in [2.24, 2.45) is 0 Å². The van der Waals surface area contributed by atoms with Crippen molar-refractivity contribution < 1.29 is 9.84 Å². The molecule has 19 heavy (non-hydrogen) atoms. The summed E-state index contributed by atoms with van der Waals surface area (Å²) in [7, 11) is 1.58. The minimum absolute atomic E-state index is 0.00656. The van der Waals surface area contributed by atoms with E-state index >= 15 is 0 Å². The molecule has 0 aromatic heterocycles. The van der Waals surface area contributed by atoms with E-state index in [0.29, 0.717) is 5.75 Å². The van der Waals surface area contributed by atoms with E-state index < -0.39 is 0 Å². The third-order valence-electron chi connectivity index (χ3n) is 2.93. The van der Waals surface area contributed by atoms with Crippen LogP contribution in [0.1, 0.15) is 18.5 Å². The zero-order chi connectivity index (χ0) is 13.8. The summed E-state index contributed by atoms with van der Waals surface area (Å²) in [6, 6.07) is 13.3. The molecule has 0 spiro atoms. The Morgan fingerprint density at radius 1 is 1.16 bits per heavy atom. The highest BCUT2D eigenvalue weighted by Crippen LogP contribution is 2.30. The molecule has 0 fully saturated rings. The van der Waals surface area contributed by atoms with E-state index in [1.807, 2.05) is 43.3 Å². The summed E-state index contributed by atoms with van der Waals surface area (Å²) in [6.45, 7) is 2.00. The fourth-order valence-corrected chi connectivity index (χ4v) is 2.15. The minimum atomic E-state index is 0.00656. The van der Waals surface area contributed by atoms with Gasteiger partial charge in [-0.15, -0.1) is 0 Å². The minimum Gasteiger partial charge on any atom is -0.507 e. The molecule has 1 unspecified atom stereocenters. The Labute approximate surface area is 121 Å². The Morgan fingerprint density at radius 3 is 2.42 bits per heavy atom. The lowest BCUT2D eigenvalue weighted by Gasteiger charge is -2.17. The number of nitrogens with one attached hydrogen (secondary N) is 1. The molecule has 2 N–H and O–H groups in total. The van der Waals surface area contributed by atoms with Crippen molar-refractivity contribution in [3.63, 3.8) is 0 Å². The number of phenolic OH excluding ortho intramolecular Hbond substituents is 1. The number of phenols is 1. The predicted molar refractivity (Wildman–Crippen MR) is 80.8 cm³/mol. The van der Waals surface area contributed by atoms with Gasteiger partial charge >= 0.3 is 0 Å². The molecule has 2 aromatic rings. The normalized spacial score (nSPS) is 11.9. The second-order valence-electron chi connectivity index (χ2n) is 4.30. The van der Waals surface area contributed by atoms with Gasteiger partial charge in [0.15, 0.2) is 0 Å². The molecule has 0 heterocycles. The summed E-state index contributed by atoms with van der Waals surface area (Å²) >= 11 is 3.40. The zero-order valence-corrected chi connectivity index (χ0v) is 12.4. The van der Waals surface area contributed by atoms with Crippen molar-refractivity contribution in [3.05, 3.63) is 52.5 Å². The molecule has 2 rings (SSSR count). The highest BCUT2D eigenvalue weighted by atomic mass is 79.9. The standard InChI is InChI=1S/C15H16BrNO2/c1-10(17-12-5-3-11(16)4-6-12)14-8-7-13(19-2)9-15(14)18/h3-10,17-18H,1-2H3. The van der Waals surface area contributed by atoms with Gasteiger partial charge in [0.2, 0.25) is 0 Å². The first kappa shape index (κ1) is 13.7. The largest absolute Gasteiger partial charge is 0.507 e. The van der Waals surface area contributed by atoms with Crippen LogP contribution in [0.3, 0.4) is 0 Å². The molecule has 0 aliphatic rings. The first-order chi connectivity index (χ1) is 9.10. The molecule has 4 heteroatoms. The molecule has 0 aliphatic heterocycles. The first-order valence-electron chi connectivity index (χ1n) is 5.99. The van der Waals surface area contributed by atoms with Crippen molar-refractivity contribution in [2.45, 2.75) is 13.0 Å². The first-order valence-corrected chi connectivity index (χ1v) is 6.78. The van der Waals surface area contributed by atoms with Gasteiger partial charge in [0.1, 0.15) is 11.5 Å². The third kappa shape index (κ3) is 3.41. The second kappa shape index (κ2) is 5.97. The van der Waals surface area contributed by atoms with Gasteiger partial charge in [0, 0.05) is 21.8 Å². The highest BCUT2D eigenvalue weighted by Gasteiger charge is 2.11. The Morgan fingerprint density at radius 2 is 1.84 bits per heavy atom. The lowest BCUT2D eigenvalue weighted by molar-refractivity contribution is 0.406. The number of ether oxygens (including phenoxy) is 1. The van der Waals surface area contributed by atoms with E-state index in [-0.39, 0.29) is 11.8 Å². The fourth-order valence-electron chi connectivity index (χ4n) is 1.89. The van der Waals surface area contributed by atoms with Gasteiger partial charge in [-0.05, 0) is 43.3 Å². The van der Waals surface area contributed by atoms with Crippen molar-refractivity contribution in [1.29, 1.82) is 0 Å². The van der Waals surface area contributed by atoms with E-state index in [9.17, 15) is 5.11 Å². The number of hydrogen-bond acceptors (Lipinski definition) is 3. The van der Waals surface area contributed by atoms with E-state index in [0.717, 1.165) is 15.7 Å². The average Bonchev–Trinajstić information content (AvgIpc) is 2.41. The number of methoxy groups -OCH3 is 1. The van der Waals surface area contributed by atoms with E-state index in [4.69, 9.17) is 4.74 Å². The predicted octanol–water partition coefficient (Wildman–Crippen LogP) is 4.34. The molecule has 1 atom stereocenters. The topological polar surface area (TPSA) is 41.5 Å². The van der Waals surface area contributed by atoms with Crippen LogP contribution in [-0.4, -0.2) is 12.2 Å². The second-order valence-corrected chi connectivity index (χ2v) is 5.21. The maximum absolute atomic E-state index is 9.99. The van der Waals surface area contributed by atoms with Crippen LogP contribution in [0.5, 0.6) is 11.5 Å². The van der Waals surface area contributed by atoms with Crippen molar-refractivity contribution in [1.82, 2.24) is 0 Å². The van der Waals surface area contributed by atoms with Crippen LogP contribution >= 0.6 is 15.9 Å². The molecule has 0 amide bonds. The van der Waals surface area contributed by atoms with Gasteiger partial charge in [0.05, 0.1) is 13.2 Å². The summed E-state index contributed by atoms with van der Waals surface area (Å²) in [5.74, 6) is 0.883. The van der Waals surface area contributed by atoms with Gasteiger partial charge in [-0.25, -0.2) is 0 Å². The quantitative estimate of drug-likeness (QED) is 0.880. The van der Waals surface area contributed by atoms with Crippen LogP contribution in [0, 0.1) is 0 Å². The maximum atomic E-state index is 9.99. The van der Waals surface area contributed by atoms with Crippen LogP contribution in [0.4, 0.5) is 5.69 Å². The highest BCUT2D eigenvalue weighted by molar-refractivity contribution is 9.10. The fraction of sp³-hybridized carbons (Fsp3) is 0.200. The van der Waals surface area contributed by atoms with Crippen LogP contribution < -0.4 is 10.1 Å². The zero-order valence-electron chi connectivity index (χ0n) is 10.9. The molecule has 100 valence electrons. The summed E-state index contributed by atoms with van der Waals surface area (Å²) < 4.78 is 6.12. The van der Waals surface area contributed by atoms with Gasteiger partial charge in [0.25, 0.3) is 0 Å². The lowest BCUT2D eigenvalue weighted by atomic mass is 10.1. The van der Waals surface area contributed by atoms with Crippen LogP contribution in [0.2, 0.25) is 0 Å². The maximum Gasteiger partial charge on any atom is 0.124 e. The Kier molecular flexibility index (Phi) is 4.32. The van der Waals surface area contributed by atoms with Gasteiger partial charge < -0.3 is 15.2 Å². The summed E-state index contributed by atoms with van der Waals surface area (Å²) in [6.07, 6.45) is 0. The monoisotopic (exact) mass is 321 g/mol. The van der Waals surface area contributed by atoms with Gasteiger partial charge in [-0.1, -0.05) is 15.9 Å². The molecule has 2 aromatic carbocycles. The third-order valence-corrected chi connectivity index (χ3v) is 3.46. The summed E-state index contributed by atoms with van der Waals surface area (Å²) in [5.41, 5.74) is 1.84. The van der Waals surface area contributed by atoms with Crippen molar-refractivity contribution in [3.8, 4) is 11.5 Å². The SMILES string of the molecule is COc1ccc(C(C)Nc2ccc(Br)cc2)c(O)c1. The Balaban J connectivity index is 2.15. The smallest absolute Gasteiger partial charge is 0.124 e. The lowest BCUT2D eigenvalue weighted by Crippen LogP contribution is -2.06. The number of aromatic hydroxyl groups is 1. The summed E-state index contributed by atoms with van der Waals surface area (Å²) in [4.78, 5) is 0. The number of halogens is 1. The van der Waals surface area contributed by atoms with E-state index in [1.165, 1.54) is 0 Å². The number of benzene rings is 2. The van der Waals surface area contributed by atoms with Crippen LogP contribution in [0.15, 0.2) is 46.9 Å².